The molecule has 0 amide bonds. The predicted octanol–water partition coefficient (Wildman–Crippen LogP) is 3.44. The summed E-state index contributed by atoms with van der Waals surface area (Å²) >= 11 is 0. The maximum absolute atomic E-state index is 13.7. The first-order valence-electron chi connectivity index (χ1n) is 7.29. The normalized spacial score (nSPS) is 29.9. The van der Waals surface area contributed by atoms with Crippen LogP contribution in [-0.2, 0) is 0 Å². The van der Waals surface area contributed by atoms with E-state index in [-0.39, 0.29) is 11.7 Å². The first-order chi connectivity index (χ1) is 9.65. The minimum atomic E-state index is -1.14. The topological polar surface area (TPSA) is 24.1 Å². The van der Waals surface area contributed by atoms with Gasteiger partial charge < -0.3 is 10.6 Å². The average molecular weight is 284 g/mol. The Morgan fingerprint density at radius 1 is 0.950 bits per heavy atom. The van der Waals surface area contributed by atoms with E-state index < -0.39 is 17.5 Å². The Balaban J connectivity index is 1.74. The largest absolute Gasteiger partial charge is 0.380 e. The van der Waals surface area contributed by atoms with Crippen LogP contribution in [-0.4, -0.2) is 18.6 Å². The highest BCUT2D eigenvalue weighted by Crippen LogP contribution is 2.34. The van der Waals surface area contributed by atoms with E-state index in [1.54, 1.807) is 0 Å². The van der Waals surface area contributed by atoms with Crippen LogP contribution >= 0.6 is 0 Å². The molecule has 1 aliphatic heterocycles. The smallest absolute Gasteiger partial charge is 0.161 e. The van der Waals surface area contributed by atoms with Gasteiger partial charge in [0.25, 0.3) is 0 Å². The van der Waals surface area contributed by atoms with E-state index in [2.05, 4.69) is 10.6 Å². The van der Waals surface area contributed by atoms with Crippen LogP contribution in [0.15, 0.2) is 12.1 Å². The third-order valence-electron chi connectivity index (χ3n) is 4.54. The van der Waals surface area contributed by atoms with Crippen LogP contribution in [0.4, 0.5) is 18.9 Å². The Hall–Kier alpha value is -1.23. The first kappa shape index (κ1) is 13.7. The Bertz CT molecular complexity index is 486. The van der Waals surface area contributed by atoms with Crippen molar-refractivity contribution in [3.8, 4) is 0 Å². The number of halogens is 3. The first-order valence-corrected chi connectivity index (χ1v) is 7.29. The van der Waals surface area contributed by atoms with Crippen molar-refractivity contribution in [1.29, 1.82) is 0 Å². The van der Waals surface area contributed by atoms with Crippen LogP contribution in [0.1, 0.15) is 32.1 Å². The molecule has 2 nitrogen and oxygen atoms in total. The van der Waals surface area contributed by atoms with Gasteiger partial charge in [-0.2, -0.15) is 0 Å². The summed E-state index contributed by atoms with van der Waals surface area (Å²) in [6.45, 7) is 1.04. The van der Waals surface area contributed by atoms with Gasteiger partial charge in [-0.1, -0.05) is 6.42 Å². The lowest BCUT2D eigenvalue weighted by Gasteiger charge is -2.27. The second-order valence-electron chi connectivity index (χ2n) is 5.79. The molecule has 1 aliphatic carbocycles. The Labute approximate surface area is 116 Å². The van der Waals surface area contributed by atoms with E-state index in [4.69, 9.17) is 0 Å². The van der Waals surface area contributed by atoms with E-state index in [9.17, 15) is 13.2 Å². The fourth-order valence-corrected chi connectivity index (χ4v) is 3.56. The zero-order valence-corrected chi connectivity index (χ0v) is 11.3. The molecule has 5 heteroatoms. The minimum absolute atomic E-state index is 0.0683. The van der Waals surface area contributed by atoms with Crippen molar-refractivity contribution in [1.82, 2.24) is 5.32 Å². The molecule has 20 heavy (non-hydrogen) atoms. The Morgan fingerprint density at radius 2 is 1.75 bits per heavy atom. The molecule has 1 aromatic rings. The molecule has 0 bridgehead atoms. The molecule has 110 valence electrons. The van der Waals surface area contributed by atoms with Crippen molar-refractivity contribution in [2.24, 2.45) is 5.92 Å². The maximum Gasteiger partial charge on any atom is 0.161 e. The molecule has 1 saturated carbocycles. The molecule has 2 fully saturated rings. The monoisotopic (exact) mass is 284 g/mol. The third-order valence-corrected chi connectivity index (χ3v) is 4.54. The van der Waals surface area contributed by atoms with Gasteiger partial charge in [0.2, 0.25) is 0 Å². The lowest BCUT2D eigenvalue weighted by Crippen LogP contribution is -2.38. The Kier molecular flexibility index (Phi) is 3.87. The van der Waals surface area contributed by atoms with Crippen LogP contribution in [0.25, 0.3) is 0 Å². The zero-order chi connectivity index (χ0) is 14.1. The van der Waals surface area contributed by atoms with Gasteiger partial charge in [0.15, 0.2) is 11.6 Å². The minimum Gasteiger partial charge on any atom is -0.380 e. The fraction of sp³-hybridized carbons (Fsp3) is 0.600. The van der Waals surface area contributed by atoms with Gasteiger partial charge >= 0.3 is 0 Å². The molecule has 1 aromatic carbocycles. The third kappa shape index (κ3) is 2.64. The molecule has 3 unspecified atom stereocenters. The highest BCUT2D eigenvalue weighted by molar-refractivity contribution is 5.46. The molecule has 2 aliphatic rings. The van der Waals surface area contributed by atoms with Crippen LogP contribution in [0, 0.1) is 23.4 Å². The van der Waals surface area contributed by atoms with E-state index in [1.807, 2.05) is 0 Å². The van der Waals surface area contributed by atoms with E-state index in [1.165, 1.54) is 6.42 Å². The van der Waals surface area contributed by atoms with Gasteiger partial charge in [-0.15, -0.1) is 0 Å². The summed E-state index contributed by atoms with van der Waals surface area (Å²) in [5, 5.41) is 6.56. The Morgan fingerprint density at radius 3 is 2.50 bits per heavy atom. The molecular weight excluding hydrogens is 265 g/mol. The summed E-state index contributed by atoms with van der Waals surface area (Å²) in [7, 11) is 0. The van der Waals surface area contributed by atoms with Crippen LogP contribution < -0.4 is 10.6 Å². The van der Waals surface area contributed by atoms with Crippen molar-refractivity contribution >= 4 is 5.69 Å². The molecule has 0 aromatic heterocycles. The standard InChI is InChI=1S/C15H19F3N2/c16-10-7-12(18)15(8-11(10)17)20-14-4-1-3-9(14)13-5-2-6-19-13/h7-9,13-14,19-20H,1-6H2. The highest BCUT2D eigenvalue weighted by Gasteiger charge is 2.35. The fourth-order valence-electron chi connectivity index (χ4n) is 3.56. The molecule has 0 radical (unpaired) electrons. The number of hydrogen-bond acceptors (Lipinski definition) is 2. The predicted molar refractivity (Wildman–Crippen MR) is 72.1 cm³/mol. The van der Waals surface area contributed by atoms with Gasteiger partial charge in [0.05, 0.1) is 5.69 Å². The lowest BCUT2D eigenvalue weighted by molar-refractivity contribution is 0.375. The molecule has 1 heterocycles. The van der Waals surface area contributed by atoms with Gasteiger partial charge in [-0.25, -0.2) is 13.2 Å². The lowest BCUT2D eigenvalue weighted by atomic mass is 9.93. The average Bonchev–Trinajstić information content (AvgIpc) is 3.06. The molecule has 3 atom stereocenters. The second kappa shape index (κ2) is 5.64. The van der Waals surface area contributed by atoms with E-state index >= 15 is 0 Å². The van der Waals surface area contributed by atoms with Crippen molar-refractivity contribution in [2.45, 2.75) is 44.2 Å². The van der Waals surface area contributed by atoms with E-state index in [0.717, 1.165) is 38.3 Å². The van der Waals surface area contributed by atoms with Crippen LogP contribution in [0.5, 0.6) is 0 Å². The summed E-state index contributed by atoms with van der Waals surface area (Å²) < 4.78 is 39.9. The summed E-state index contributed by atoms with van der Waals surface area (Å²) in [5.41, 5.74) is 0.0683. The van der Waals surface area contributed by atoms with Gasteiger partial charge in [-0.3, -0.25) is 0 Å². The van der Waals surface area contributed by atoms with Crippen LogP contribution in [0.2, 0.25) is 0 Å². The number of hydrogen-bond donors (Lipinski definition) is 2. The maximum atomic E-state index is 13.7. The molecular formula is C15H19F3N2. The second-order valence-corrected chi connectivity index (χ2v) is 5.79. The quantitative estimate of drug-likeness (QED) is 0.831. The van der Waals surface area contributed by atoms with Crippen LogP contribution in [0.3, 0.4) is 0 Å². The molecule has 3 rings (SSSR count). The number of anilines is 1. The van der Waals surface area contributed by atoms with E-state index in [0.29, 0.717) is 18.0 Å². The van der Waals surface area contributed by atoms with Crippen molar-refractivity contribution in [3.63, 3.8) is 0 Å². The number of nitrogens with one attached hydrogen (secondary N) is 2. The van der Waals surface area contributed by atoms with Gasteiger partial charge in [0, 0.05) is 24.2 Å². The zero-order valence-electron chi connectivity index (χ0n) is 11.3. The molecule has 2 N–H and O–H groups in total. The molecule has 0 spiro atoms. The van der Waals surface area contributed by atoms with Gasteiger partial charge in [-0.05, 0) is 38.1 Å². The molecule has 1 saturated heterocycles. The van der Waals surface area contributed by atoms with Crippen molar-refractivity contribution in [3.05, 3.63) is 29.6 Å². The summed E-state index contributed by atoms with van der Waals surface area (Å²) in [6, 6.07) is 2.12. The number of rotatable bonds is 3. The number of benzene rings is 1. The SMILES string of the molecule is Fc1cc(F)c(NC2CCCC2C2CCCN2)cc1F. The summed E-state index contributed by atoms with van der Waals surface area (Å²) in [5.74, 6) is -2.45. The summed E-state index contributed by atoms with van der Waals surface area (Å²) in [6.07, 6.45) is 5.45. The highest BCUT2D eigenvalue weighted by atomic mass is 19.2. The van der Waals surface area contributed by atoms with Crippen molar-refractivity contribution in [2.75, 3.05) is 11.9 Å². The summed E-state index contributed by atoms with van der Waals surface area (Å²) in [4.78, 5) is 0. The van der Waals surface area contributed by atoms with Gasteiger partial charge in [0.1, 0.15) is 5.82 Å². The van der Waals surface area contributed by atoms with Crippen molar-refractivity contribution < 1.29 is 13.2 Å².